The van der Waals surface area contributed by atoms with Gasteiger partial charge in [-0.05, 0) is 42.3 Å². The normalized spacial score (nSPS) is 10.2. The molecule has 0 bridgehead atoms. The number of urea groups is 1. The quantitative estimate of drug-likeness (QED) is 0.933. The summed E-state index contributed by atoms with van der Waals surface area (Å²) in [6.45, 7) is 2.14. The fourth-order valence-corrected chi connectivity index (χ4v) is 1.72. The number of pyridine rings is 1. The third-order valence-corrected chi connectivity index (χ3v) is 2.94. The zero-order chi connectivity index (χ0) is 14.5. The number of nitrogens with zero attached hydrogens (tertiary/aromatic N) is 2. The molecule has 2 rings (SSSR count). The number of halogens is 1. The van der Waals surface area contributed by atoms with Crippen LogP contribution in [0.3, 0.4) is 0 Å². The lowest BCUT2D eigenvalue weighted by atomic mass is 10.2. The maximum Gasteiger partial charge on any atom is 0.321 e. The minimum Gasteiger partial charge on any atom is -0.323 e. The summed E-state index contributed by atoms with van der Waals surface area (Å²) < 4.78 is 13.4. The molecule has 1 N–H and O–H groups in total. The van der Waals surface area contributed by atoms with Gasteiger partial charge in [-0.2, -0.15) is 0 Å². The number of carbonyl (C=O) groups excluding carboxylic acids is 1. The Bertz CT molecular complexity index is 601. The van der Waals surface area contributed by atoms with Crippen LogP contribution >= 0.6 is 0 Å². The summed E-state index contributed by atoms with van der Waals surface area (Å²) in [7, 11) is 1.68. The highest BCUT2D eigenvalue weighted by molar-refractivity contribution is 5.89. The Morgan fingerprint density at radius 2 is 2.00 bits per heavy atom. The van der Waals surface area contributed by atoms with Crippen LogP contribution in [0, 0.1) is 12.7 Å². The monoisotopic (exact) mass is 273 g/mol. The van der Waals surface area contributed by atoms with Gasteiger partial charge in [0.25, 0.3) is 0 Å². The first-order valence-electron chi connectivity index (χ1n) is 6.23. The lowest BCUT2D eigenvalue weighted by Crippen LogP contribution is -2.30. The third-order valence-electron chi connectivity index (χ3n) is 2.94. The van der Waals surface area contributed by atoms with Gasteiger partial charge in [-0.3, -0.25) is 4.98 Å². The predicted octanol–water partition coefficient (Wildman–Crippen LogP) is 3.19. The van der Waals surface area contributed by atoms with E-state index in [0.29, 0.717) is 17.8 Å². The molecule has 0 unspecified atom stereocenters. The van der Waals surface area contributed by atoms with Crippen molar-refractivity contribution in [1.29, 1.82) is 0 Å². The third kappa shape index (κ3) is 3.54. The molecular weight excluding hydrogens is 257 g/mol. The van der Waals surface area contributed by atoms with Crippen molar-refractivity contribution in [3.8, 4) is 0 Å². The molecule has 0 aliphatic heterocycles. The van der Waals surface area contributed by atoms with Crippen LogP contribution in [-0.4, -0.2) is 23.0 Å². The number of amides is 2. The number of anilines is 1. The molecule has 0 radical (unpaired) electrons. The zero-order valence-electron chi connectivity index (χ0n) is 11.4. The minimum atomic E-state index is -0.334. The van der Waals surface area contributed by atoms with Crippen molar-refractivity contribution >= 4 is 11.7 Å². The second-order valence-corrected chi connectivity index (χ2v) is 4.61. The SMILES string of the molecule is Cc1ccc(NC(=O)N(C)Cc2ccncc2)cc1F. The second-order valence-electron chi connectivity index (χ2n) is 4.61. The Labute approximate surface area is 117 Å². The summed E-state index contributed by atoms with van der Waals surface area (Å²) in [4.78, 5) is 17.4. The average molecular weight is 273 g/mol. The Morgan fingerprint density at radius 3 is 2.65 bits per heavy atom. The van der Waals surface area contributed by atoms with E-state index in [-0.39, 0.29) is 11.8 Å². The van der Waals surface area contributed by atoms with E-state index in [1.54, 1.807) is 38.5 Å². The van der Waals surface area contributed by atoms with Gasteiger partial charge in [0.15, 0.2) is 0 Å². The van der Waals surface area contributed by atoms with E-state index < -0.39 is 0 Å². The summed E-state index contributed by atoms with van der Waals surface area (Å²) in [5, 5.41) is 2.66. The van der Waals surface area contributed by atoms with Crippen LogP contribution in [0.25, 0.3) is 0 Å². The van der Waals surface area contributed by atoms with Gasteiger partial charge in [-0.25, -0.2) is 9.18 Å². The molecule has 4 nitrogen and oxygen atoms in total. The van der Waals surface area contributed by atoms with Crippen LogP contribution in [0.15, 0.2) is 42.7 Å². The first-order valence-corrected chi connectivity index (χ1v) is 6.23. The lowest BCUT2D eigenvalue weighted by molar-refractivity contribution is 0.220. The van der Waals surface area contributed by atoms with Crippen molar-refractivity contribution in [1.82, 2.24) is 9.88 Å². The molecule has 20 heavy (non-hydrogen) atoms. The average Bonchev–Trinajstić information content (AvgIpc) is 2.44. The zero-order valence-corrected chi connectivity index (χ0v) is 11.4. The second kappa shape index (κ2) is 6.14. The van der Waals surface area contributed by atoms with Gasteiger partial charge in [0.2, 0.25) is 0 Å². The van der Waals surface area contributed by atoms with Crippen molar-refractivity contribution in [2.45, 2.75) is 13.5 Å². The van der Waals surface area contributed by atoms with E-state index in [1.165, 1.54) is 11.0 Å². The molecule has 0 spiro atoms. The molecule has 0 saturated heterocycles. The topological polar surface area (TPSA) is 45.2 Å². The lowest BCUT2D eigenvalue weighted by Gasteiger charge is -2.18. The summed E-state index contributed by atoms with van der Waals surface area (Å²) in [5.74, 6) is -0.334. The van der Waals surface area contributed by atoms with Crippen molar-refractivity contribution < 1.29 is 9.18 Å². The number of hydrogen-bond donors (Lipinski definition) is 1. The van der Waals surface area contributed by atoms with Crippen LogP contribution < -0.4 is 5.32 Å². The van der Waals surface area contributed by atoms with E-state index in [0.717, 1.165) is 5.56 Å². The van der Waals surface area contributed by atoms with Crippen LogP contribution in [0.2, 0.25) is 0 Å². The highest BCUT2D eigenvalue weighted by Gasteiger charge is 2.10. The van der Waals surface area contributed by atoms with Gasteiger partial charge in [0, 0.05) is 31.7 Å². The smallest absolute Gasteiger partial charge is 0.321 e. The molecule has 0 aliphatic rings. The standard InChI is InChI=1S/C15H16FN3O/c1-11-3-4-13(9-14(11)16)18-15(20)19(2)10-12-5-7-17-8-6-12/h3-9H,10H2,1-2H3,(H,18,20). The van der Waals surface area contributed by atoms with Crippen molar-refractivity contribution in [2.24, 2.45) is 0 Å². The molecule has 1 aromatic carbocycles. The van der Waals surface area contributed by atoms with Crippen molar-refractivity contribution in [2.75, 3.05) is 12.4 Å². The summed E-state index contributed by atoms with van der Waals surface area (Å²) in [5.41, 5.74) is 1.97. The van der Waals surface area contributed by atoms with Crippen LogP contribution in [0.1, 0.15) is 11.1 Å². The number of carbonyl (C=O) groups is 1. The Balaban J connectivity index is 1.99. The molecule has 0 saturated carbocycles. The largest absolute Gasteiger partial charge is 0.323 e. The van der Waals surface area contributed by atoms with Crippen LogP contribution in [0.4, 0.5) is 14.9 Å². The van der Waals surface area contributed by atoms with Gasteiger partial charge in [-0.15, -0.1) is 0 Å². The minimum absolute atomic E-state index is 0.287. The molecule has 104 valence electrons. The highest BCUT2D eigenvalue weighted by atomic mass is 19.1. The van der Waals surface area contributed by atoms with Crippen molar-refractivity contribution in [3.05, 3.63) is 59.7 Å². The molecule has 0 fully saturated rings. The Kier molecular flexibility index (Phi) is 4.30. The van der Waals surface area contributed by atoms with Gasteiger partial charge in [0.1, 0.15) is 5.82 Å². The molecule has 2 amide bonds. The fourth-order valence-electron chi connectivity index (χ4n) is 1.72. The van der Waals surface area contributed by atoms with Gasteiger partial charge < -0.3 is 10.2 Å². The first-order chi connectivity index (χ1) is 9.56. The molecule has 1 aromatic heterocycles. The molecular formula is C15H16FN3O. The number of hydrogen-bond acceptors (Lipinski definition) is 2. The molecule has 5 heteroatoms. The maximum absolute atomic E-state index is 13.4. The molecule has 2 aromatic rings. The predicted molar refractivity (Wildman–Crippen MR) is 75.9 cm³/mol. The fraction of sp³-hybridized carbons (Fsp3) is 0.200. The van der Waals surface area contributed by atoms with E-state index in [9.17, 15) is 9.18 Å². The van der Waals surface area contributed by atoms with Gasteiger partial charge >= 0.3 is 6.03 Å². The Morgan fingerprint density at radius 1 is 1.30 bits per heavy atom. The van der Waals surface area contributed by atoms with Crippen molar-refractivity contribution in [3.63, 3.8) is 0 Å². The maximum atomic E-state index is 13.4. The number of aromatic nitrogens is 1. The number of benzene rings is 1. The van der Waals surface area contributed by atoms with E-state index in [2.05, 4.69) is 10.3 Å². The molecule has 1 heterocycles. The summed E-state index contributed by atoms with van der Waals surface area (Å²) in [6.07, 6.45) is 3.35. The summed E-state index contributed by atoms with van der Waals surface area (Å²) in [6, 6.07) is 8.02. The van der Waals surface area contributed by atoms with Crippen LogP contribution in [0.5, 0.6) is 0 Å². The van der Waals surface area contributed by atoms with E-state index in [4.69, 9.17) is 0 Å². The summed E-state index contributed by atoms with van der Waals surface area (Å²) >= 11 is 0. The van der Waals surface area contributed by atoms with Gasteiger partial charge in [-0.1, -0.05) is 6.07 Å². The first kappa shape index (κ1) is 14.0. The van der Waals surface area contributed by atoms with Gasteiger partial charge in [0.05, 0.1) is 0 Å². The van der Waals surface area contributed by atoms with E-state index >= 15 is 0 Å². The number of rotatable bonds is 3. The van der Waals surface area contributed by atoms with E-state index in [1.807, 2.05) is 12.1 Å². The number of nitrogens with one attached hydrogen (secondary N) is 1. The van der Waals surface area contributed by atoms with Crippen LogP contribution in [-0.2, 0) is 6.54 Å². The Hall–Kier alpha value is -2.43. The molecule has 0 atom stereocenters. The molecule has 0 aliphatic carbocycles. The highest BCUT2D eigenvalue weighted by Crippen LogP contribution is 2.14. The number of aryl methyl sites for hydroxylation is 1.